The highest BCUT2D eigenvalue weighted by molar-refractivity contribution is 5.99. The molecule has 1 aromatic carbocycles. The third-order valence-electron chi connectivity index (χ3n) is 4.16. The van der Waals surface area contributed by atoms with Crippen LogP contribution in [0.1, 0.15) is 30.5 Å². The van der Waals surface area contributed by atoms with Gasteiger partial charge in [0, 0.05) is 24.8 Å². The van der Waals surface area contributed by atoms with Gasteiger partial charge in [0.15, 0.2) is 0 Å². The second kappa shape index (κ2) is 5.31. The van der Waals surface area contributed by atoms with Crippen molar-refractivity contribution in [2.75, 3.05) is 31.5 Å². The lowest BCUT2D eigenvalue weighted by Crippen LogP contribution is -2.30. The fourth-order valence-electron chi connectivity index (χ4n) is 2.97. The number of fused-ring (bicyclic) bond motifs is 1. The van der Waals surface area contributed by atoms with Crippen LogP contribution >= 0.6 is 0 Å². The van der Waals surface area contributed by atoms with E-state index in [4.69, 9.17) is 0 Å². The lowest BCUT2D eigenvalue weighted by atomic mass is 10.0. The maximum Gasteiger partial charge on any atom is 0.228 e. The van der Waals surface area contributed by atoms with Gasteiger partial charge in [-0.3, -0.25) is 9.69 Å². The first-order valence-electron chi connectivity index (χ1n) is 7.11. The molecular weight excluding hydrogens is 238 g/mol. The Hall–Kier alpha value is -1.39. The van der Waals surface area contributed by atoms with E-state index >= 15 is 0 Å². The van der Waals surface area contributed by atoms with Crippen molar-refractivity contribution in [3.8, 4) is 0 Å². The Morgan fingerprint density at radius 3 is 3.05 bits per heavy atom. The van der Waals surface area contributed by atoms with Gasteiger partial charge in [0.1, 0.15) is 0 Å². The molecule has 2 heterocycles. The zero-order valence-corrected chi connectivity index (χ0v) is 11.4. The fourth-order valence-corrected chi connectivity index (χ4v) is 2.97. The van der Waals surface area contributed by atoms with E-state index in [1.54, 1.807) is 0 Å². The minimum absolute atomic E-state index is 0.110. The van der Waals surface area contributed by atoms with Gasteiger partial charge in [-0.1, -0.05) is 12.1 Å². The molecule has 2 aliphatic rings. The Morgan fingerprint density at radius 2 is 2.16 bits per heavy atom. The first-order chi connectivity index (χ1) is 9.24. The highest BCUT2D eigenvalue weighted by Crippen LogP contribution is 2.28. The topological polar surface area (TPSA) is 44.4 Å². The molecule has 1 unspecified atom stereocenters. The molecule has 2 aliphatic heterocycles. The number of carbonyl (C=O) groups is 1. The zero-order valence-electron chi connectivity index (χ0n) is 11.4. The third kappa shape index (κ3) is 2.65. The Labute approximate surface area is 114 Å². The number of hydrogen-bond acceptors (Lipinski definition) is 3. The second-order valence-corrected chi connectivity index (χ2v) is 5.46. The smallest absolute Gasteiger partial charge is 0.228 e. The molecule has 2 N–H and O–H groups in total. The molecular formula is C15H21N3O. The number of nitrogens with zero attached hydrogens (tertiary/aromatic N) is 1. The number of anilines is 1. The normalized spacial score (nSPS) is 21.6. The molecule has 0 spiro atoms. The van der Waals surface area contributed by atoms with Crippen molar-refractivity contribution in [3.63, 3.8) is 0 Å². The lowest BCUT2D eigenvalue weighted by Gasteiger charge is -2.28. The molecule has 1 amide bonds. The summed E-state index contributed by atoms with van der Waals surface area (Å²) in [7, 11) is 0. The highest BCUT2D eigenvalue weighted by Gasteiger charge is 2.21. The Morgan fingerprint density at radius 1 is 1.26 bits per heavy atom. The van der Waals surface area contributed by atoms with Gasteiger partial charge in [-0.05, 0) is 43.6 Å². The predicted octanol–water partition coefficient (Wildman–Crippen LogP) is 1.54. The molecule has 0 saturated carbocycles. The van der Waals surface area contributed by atoms with Crippen LogP contribution in [0.3, 0.4) is 0 Å². The van der Waals surface area contributed by atoms with E-state index in [-0.39, 0.29) is 5.91 Å². The van der Waals surface area contributed by atoms with E-state index in [0.717, 1.165) is 37.4 Å². The number of benzene rings is 1. The maximum absolute atomic E-state index is 11.4. The van der Waals surface area contributed by atoms with Crippen LogP contribution in [0, 0.1) is 0 Å². The molecule has 3 rings (SSSR count). The first-order valence-corrected chi connectivity index (χ1v) is 7.11. The second-order valence-electron chi connectivity index (χ2n) is 5.46. The molecule has 4 nitrogen and oxygen atoms in total. The summed E-state index contributed by atoms with van der Waals surface area (Å²) in [4.78, 5) is 13.9. The monoisotopic (exact) mass is 259 g/mol. The molecule has 19 heavy (non-hydrogen) atoms. The summed E-state index contributed by atoms with van der Waals surface area (Å²) in [6, 6.07) is 6.80. The van der Waals surface area contributed by atoms with E-state index in [9.17, 15) is 4.79 Å². The van der Waals surface area contributed by atoms with Gasteiger partial charge in [0.2, 0.25) is 5.91 Å². The molecule has 0 radical (unpaired) electrons. The SMILES string of the molecule is CC(c1ccc2c(c1)CC(=O)N2)N1CCCNCC1. The van der Waals surface area contributed by atoms with Gasteiger partial charge in [0.05, 0.1) is 6.42 Å². The number of amides is 1. The molecule has 0 bridgehead atoms. The summed E-state index contributed by atoms with van der Waals surface area (Å²) in [5, 5.41) is 6.33. The number of hydrogen-bond donors (Lipinski definition) is 2. The molecule has 102 valence electrons. The van der Waals surface area contributed by atoms with Crippen LogP contribution in [0.25, 0.3) is 0 Å². The van der Waals surface area contributed by atoms with E-state index < -0.39 is 0 Å². The van der Waals surface area contributed by atoms with E-state index in [1.807, 2.05) is 6.07 Å². The summed E-state index contributed by atoms with van der Waals surface area (Å²) in [5.74, 6) is 0.110. The summed E-state index contributed by atoms with van der Waals surface area (Å²) in [6.07, 6.45) is 1.73. The van der Waals surface area contributed by atoms with Crippen LogP contribution in [0.4, 0.5) is 5.69 Å². The van der Waals surface area contributed by atoms with Crippen LogP contribution in [-0.4, -0.2) is 37.0 Å². The van der Waals surface area contributed by atoms with Crippen molar-refractivity contribution in [2.24, 2.45) is 0 Å². The summed E-state index contributed by atoms with van der Waals surface area (Å²) >= 11 is 0. The third-order valence-corrected chi connectivity index (χ3v) is 4.16. The molecule has 1 aromatic rings. The summed E-state index contributed by atoms with van der Waals surface area (Å²) in [5.41, 5.74) is 3.44. The number of nitrogens with one attached hydrogen (secondary N) is 2. The van der Waals surface area contributed by atoms with Crippen molar-refractivity contribution in [3.05, 3.63) is 29.3 Å². The quantitative estimate of drug-likeness (QED) is 0.846. The Bertz CT molecular complexity index is 478. The van der Waals surface area contributed by atoms with Gasteiger partial charge >= 0.3 is 0 Å². The molecule has 1 fully saturated rings. The molecule has 1 atom stereocenters. The van der Waals surface area contributed by atoms with Gasteiger partial charge in [-0.2, -0.15) is 0 Å². The average Bonchev–Trinajstić information content (AvgIpc) is 2.63. The molecule has 1 saturated heterocycles. The van der Waals surface area contributed by atoms with Crippen molar-refractivity contribution in [1.29, 1.82) is 0 Å². The predicted molar refractivity (Wildman–Crippen MR) is 76.3 cm³/mol. The van der Waals surface area contributed by atoms with Crippen molar-refractivity contribution in [1.82, 2.24) is 10.2 Å². The van der Waals surface area contributed by atoms with Gasteiger partial charge in [-0.15, -0.1) is 0 Å². The minimum atomic E-state index is 0.110. The zero-order chi connectivity index (χ0) is 13.2. The highest BCUT2D eigenvalue weighted by atomic mass is 16.1. The van der Waals surface area contributed by atoms with Gasteiger partial charge in [-0.25, -0.2) is 0 Å². The van der Waals surface area contributed by atoms with E-state index in [0.29, 0.717) is 12.5 Å². The van der Waals surface area contributed by atoms with Crippen LogP contribution < -0.4 is 10.6 Å². The Kier molecular flexibility index (Phi) is 3.53. The van der Waals surface area contributed by atoms with E-state index in [1.165, 1.54) is 12.0 Å². The van der Waals surface area contributed by atoms with Gasteiger partial charge < -0.3 is 10.6 Å². The fraction of sp³-hybridized carbons (Fsp3) is 0.533. The standard InChI is InChI=1S/C15H21N3O/c1-11(18-7-2-5-16-6-8-18)12-3-4-14-13(9-12)10-15(19)17-14/h3-4,9,11,16H,2,5-8,10H2,1H3,(H,17,19). The molecule has 4 heteroatoms. The van der Waals surface area contributed by atoms with Crippen LogP contribution in [0.5, 0.6) is 0 Å². The van der Waals surface area contributed by atoms with E-state index in [2.05, 4.69) is 34.6 Å². The van der Waals surface area contributed by atoms with Crippen molar-refractivity contribution < 1.29 is 4.79 Å². The Balaban J connectivity index is 1.78. The maximum atomic E-state index is 11.4. The van der Waals surface area contributed by atoms with Crippen molar-refractivity contribution >= 4 is 11.6 Å². The van der Waals surface area contributed by atoms with Crippen LogP contribution in [0.15, 0.2) is 18.2 Å². The van der Waals surface area contributed by atoms with Crippen molar-refractivity contribution in [2.45, 2.75) is 25.8 Å². The summed E-state index contributed by atoms with van der Waals surface area (Å²) < 4.78 is 0. The summed E-state index contributed by atoms with van der Waals surface area (Å²) in [6.45, 7) is 6.68. The van der Waals surface area contributed by atoms with Gasteiger partial charge in [0.25, 0.3) is 0 Å². The van der Waals surface area contributed by atoms with Crippen LogP contribution in [0.2, 0.25) is 0 Å². The lowest BCUT2D eigenvalue weighted by molar-refractivity contribution is -0.115. The van der Waals surface area contributed by atoms with Crippen LogP contribution in [-0.2, 0) is 11.2 Å². The molecule has 0 aromatic heterocycles. The minimum Gasteiger partial charge on any atom is -0.326 e. The number of rotatable bonds is 2. The average molecular weight is 259 g/mol. The largest absolute Gasteiger partial charge is 0.326 e. The molecule has 0 aliphatic carbocycles. The number of carbonyl (C=O) groups excluding carboxylic acids is 1. The first kappa shape index (κ1) is 12.6.